The molecule has 1 aliphatic heterocycles. The average molecular weight is 474 g/mol. The van der Waals surface area contributed by atoms with Gasteiger partial charge in [0.1, 0.15) is 11.3 Å². The monoisotopic (exact) mass is 473 g/mol. The standard InChI is InChI=1S/C23H29F2N7O2/c1-12-8-15(16-6-7-17-21(29-16)32(10-19(24)25)14(3)28-17)20-18(9-26-12)30-23(31-22(20)34-5)27-13(2)11-33-4/h6-8,12-13,19,26H,9-11H2,1-5H3,(H,27,30,31)/t12-,13-/m1/s1. The molecule has 0 spiro atoms. The molecule has 0 aliphatic carbocycles. The van der Waals surface area contributed by atoms with E-state index in [0.717, 1.165) is 11.3 Å². The van der Waals surface area contributed by atoms with Gasteiger partial charge < -0.3 is 24.7 Å². The zero-order valence-electron chi connectivity index (χ0n) is 19.9. The average Bonchev–Trinajstić information content (AvgIpc) is 2.98. The van der Waals surface area contributed by atoms with Gasteiger partial charge in [0.05, 0.1) is 37.2 Å². The fourth-order valence-electron chi connectivity index (χ4n) is 4.09. The molecule has 0 saturated carbocycles. The second-order valence-corrected chi connectivity index (χ2v) is 8.33. The minimum Gasteiger partial charge on any atom is -0.480 e. The van der Waals surface area contributed by atoms with E-state index in [4.69, 9.17) is 19.4 Å². The number of imidazole rings is 1. The predicted molar refractivity (Wildman–Crippen MR) is 125 cm³/mol. The summed E-state index contributed by atoms with van der Waals surface area (Å²) in [6.07, 6.45) is -0.490. The summed E-state index contributed by atoms with van der Waals surface area (Å²) in [5.41, 5.74) is 3.81. The van der Waals surface area contributed by atoms with Crippen molar-refractivity contribution in [2.45, 2.75) is 52.4 Å². The molecule has 0 saturated heterocycles. The van der Waals surface area contributed by atoms with Gasteiger partial charge in [-0.25, -0.2) is 23.7 Å². The topological polar surface area (TPSA) is 99.0 Å². The number of nitrogens with zero attached hydrogens (tertiary/aromatic N) is 5. The largest absolute Gasteiger partial charge is 0.480 e. The maximum Gasteiger partial charge on any atom is 0.256 e. The number of halogens is 2. The quantitative estimate of drug-likeness (QED) is 0.515. The molecule has 0 aromatic carbocycles. The summed E-state index contributed by atoms with van der Waals surface area (Å²) in [6.45, 7) is 6.22. The van der Waals surface area contributed by atoms with Crippen molar-refractivity contribution in [1.82, 2.24) is 29.8 Å². The lowest BCUT2D eigenvalue weighted by Crippen LogP contribution is -2.25. The number of aromatic nitrogens is 5. The van der Waals surface area contributed by atoms with Gasteiger partial charge in [0, 0.05) is 31.3 Å². The van der Waals surface area contributed by atoms with Gasteiger partial charge in [-0.3, -0.25) is 0 Å². The molecule has 0 amide bonds. The van der Waals surface area contributed by atoms with Crippen LogP contribution in [-0.4, -0.2) is 63.8 Å². The highest BCUT2D eigenvalue weighted by Crippen LogP contribution is 2.35. The van der Waals surface area contributed by atoms with Gasteiger partial charge in [0.25, 0.3) is 6.43 Å². The van der Waals surface area contributed by atoms with Crippen molar-refractivity contribution in [2.75, 3.05) is 26.1 Å². The first-order valence-electron chi connectivity index (χ1n) is 11.1. The van der Waals surface area contributed by atoms with E-state index in [1.54, 1.807) is 27.2 Å². The Morgan fingerprint density at radius 2 is 2.00 bits per heavy atom. The minimum atomic E-state index is -2.51. The van der Waals surface area contributed by atoms with Gasteiger partial charge in [-0.2, -0.15) is 4.98 Å². The number of ether oxygens (including phenoxy) is 2. The number of fused-ring (bicyclic) bond motifs is 2. The third kappa shape index (κ3) is 4.85. The van der Waals surface area contributed by atoms with Crippen molar-refractivity contribution in [1.29, 1.82) is 0 Å². The second-order valence-electron chi connectivity index (χ2n) is 8.33. The van der Waals surface area contributed by atoms with Crippen molar-refractivity contribution in [3.8, 4) is 5.88 Å². The van der Waals surface area contributed by atoms with Crippen LogP contribution in [0.2, 0.25) is 0 Å². The van der Waals surface area contributed by atoms with Crippen LogP contribution in [0, 0.1) is 6.92 Å². The Hall–Kier alpha value is -3.18. The Morgan fingerprint density at radius 3 is 2.71 bits per heavy atom. The normalized spacial score (nSPS) is 16.8. The van der Waals surface area contributed by atoms with E-state index in [1.807, 2.05) is 26.0 Å². The van der Waals surface area contributed by atoms with Crippen LogP contribution in [0.15, 0.2) is 18.2 Å². The number of pyridine rings is 1. The molecule has 1 aliphatic rings. The summed E-state index contributed by atoms with van der Waals surface area (Å²) in [5, 5.41) is 6.65. The minimum absolute atomic E-state index is 0.00265. The molecule has 34 heavy (non-hydrogen) atoms. The number of hydrogen-bond donors (Lipinski definition) is 2. The lowest BCUT2D eigenvalue weighted by Gasteiger charge is -2.18. The Kier molecular flexibility index (Phi) is 7.03. The molecule has 0 radical (unpaired) electrons. The Balaban J connectivity index is 1.83. The number of aryl methyl sites for hydroxylation is 1. The van der Waals surface area contributed by atoms with Crippen LogP contribution < -0.4 is 15.4 Å². The Morgan fingerprint density at radius 1 is 1.21 bits per heavy atom. The predicted octanol–water partition coefficient (Wildman–Crippen LogP) is 3.17. The van der Waals surface area contributed by atoms with E-state index in [-0.39, 0.29) is 12.1 Å². The molecular formula is C23H29F2N7O2. The van der Waals surface area contributed by atoms with Gasteiger partial charge in [0.2, 0.25) is 11.8 Å². The van der Waals surface area contributed by atoms with Gasteiger partial charge in [-0.15, -0.1) is 0 Å². The molecule has 9 nitrogen and oxygen atoms in total. The lowest BCUT2D eigenvalue weighted by molar-refractivity contribution is 0.127. The van der Waals surface area contributed by atoms with Crippen LogP contribution in [0.25, 0.3) is 16.7 Å². The van der Waals surface area contributed by atoms with Crippen LogP contribution in [0.4, 0.5) is 14.7 Å². The van der Waals surface area contributed by atoms with Crippen LogP contribution >= 0.6 is 0 Å². The van der Waals surface area contributed by atoms with Crippen molar-refractivity contribution >= 4 is 22.7 Å². The van der Waals surface area contributed by atoms with Crippen molar-refractivity contribution in [2.24, 2.45) is 0 Å². The molecule has 3 aromatic heterocycles. The highest BCUT2D eigenvalue weighted by molar-refractivity contribution is 5.85. The van der Waals surface area contributed by atoms with Crippen molar-refractivity contribution in [3.63, 3.8) is 0 Å². The molecule has 0 fully saturated rings. The van der Waals surface area contributed by atoms with Crippen molar-refractivity contribution in [3.05, 3.63) is 41.0 Å². The number of anilines is 1. The smallest absolute Gasteiger partial charge is 0.256 e. The van der Waals surface area contributed by atoms with Gasteiger partial charge in [-0.1, -0.05) is 6.08 Å². The summed E-state index contributed by atoms with van der Waals surface area (Å²) in [6, 6.07) is 3.64. The molecule has 182 valence electrons. The number of nitrogens with one attached hydrogen (secondary N) is 2. The summed E-state index contributed by atoms with van der Waals surface area (Å²) in [7, 11) is 3.19. The number of alkyl halides is 2. The summed E-state index contributed by atoms with van der Waals surface area (Å²) < 4.78 is 38.7. The highest BCUT2D eigenvalue weighted by atomic mass is 19.3. The first-order valence-corrected chi connectivity index (χ1v) is 11.1. The molecule has 0 unspecified atom stereocenters. The van der Waals surface area contributed by atoms with Crippen LogP contribution in [-0.2, 0) is 17.8 Å². The maximum atomic E-state index is 13.2. The molecule has 4 heterocycles. The summed E-state index contributed by atoms with van der Waals surface area (Å²) in [5.74, 6) is 1.33. The number of rotatable bonds is 8. The SMILES string of the molecule is COC[C@@H](C)Nc1nc2c(c(OC)n1)C(c1ccc3nc(C)n(CC(F)F)c3n1)=C[C@@H](C)NC2. The molecule has 3 aromatic rings. The van der Waals surface area contributed by atoms with Gasteiger partial charge >= 0.3 is 0 Å². The summed E-state index contributed by atoms with van der Waals surface area (Å²) >= 11 is 0. The zero-order valence-corrected chi connectivity index (χ0v) is 19.9. The van der Waals surface area contributed by atoms with E-state index in [9.17, 15) is 8.78 Å². The van der Waals surface area contributed by atoms with E-state index in [2.05, 4.69) is 20.6 Å². The Labute approximate surface area is 196 Å². The van der Waals surface area contributed by atoms with Crippen LogP contribution in [0.1, 0.15) is 36.6 Å². The number of hydrogen-bond acceptors (Lipinski definition) is 8. The number of methoxy groups -OCH3 is 2. The first-order chi connectivity index (χ1) is 16.3. The zero-order chi connectivity index (χ0) is 24.4. The molecule has 4 rings (SSSR count). The highest BCUT2D eigenvalue weighted by Gasteiger charge is 2.25. The Bertz CT molecular complexity index is 1210. The lowest BCUT2D eigenvalue weighted by atomic mass is 10.00. The summed E-state index contributed by atoms with van der Waals surface area (Å²) in [4.78, 5) is 18.4. The fourth-order valence-corrected chi connectivity index (χ4v) is 4.09. The first kappa shape index (κ1) is 24.0. The van der Waals surface area contributed by atoms with Gasteiger partial charge in [0.15, 0.2) is 5.65 Å². The molecule has 11 heteroatoms. The van der Waals surface area contributed by atoms with E-state index in [1.165, 1.54) is 4.57 Å². The molecule has 2 N–H and O–H groups in total. The molecular weight excluding hydrogens is 444 g/mol. The van der Waals surface area contributed by atoms with Crippen LogP contribution in [0.5, 0.6) is 5.88 Å². The van der Waals surface area contributed by atoms with Gasteiger partial charge in [-0.05, 0) is 32.9 Å². The van der Waals surface area contributed by atoms with E-state index < -0.39 is 13.0 Å². The molecule has 0 bridgehead atoms. The van der Waals surface area contributed by atoms with Crippen molar-refractivity contribution < 1.29 is 18.3 Å². The van der Waals surface area contributed by atoms with Crippen LogP contribution in [0.3, 0.4) is 0 Å². The fraction of sp³-hybridized carbons (Fsp3) is 0.478. The molecule has 2 atom stereocenters. The van der Waals surface area contributed by atoms with E-state index >= 15 is 0 Å². The third-order valence-corrected chi connectivity index (χ3v) is 5.59. The van der Waals surface area contributed by atoms with E-state index in [0.29, 0.717) is 53.2 Å². The third-order valence-electron chi connectivity index (χ3n) is 5.59. The second kappa shape index (κ2) is 9.98. The maximum absolute atomic E-state index is 13.2.